The van der Waals surface area contributed by atoms with E-state index in [9.17, 15) is 4.21 Å². The zero-order chi connectivity index (χ0) is 9.98. The van der Waals surface area contributed by atoms with Gasteiger partial charge < -0.3 is 13.5 Å². The Labute approximate surface area is 73.2 Å². The third-order valence-corrected chi connectivity index (χ3v) is 0.880. The van der Waals surface area contributed by atoms with Gasteiger partial charge in [-0.2, -0.15) is 4.21 Å². The lowest BCUT2D eigenvalue weighted by molar-refractivity contribution is -0.134. The molecule has 0 rings (SSSR count). The normalized spacial score (nSPS) is 7.50. The Kier molecular flexibility index (Phi) is 10.8. The summed E-state index contributed by atoms with van der Waals surface area (Å²) < 4.78 is 18.6. The fourth-order valence-electron chi connectivity index (χ4n) is 0.134. The number of aliphatic carboxylic acids is 1. The first-order chi connectivity index (χ1) is 5.54. The molecule has 5 nitrogen and oxygen atoms in total. The second-order valence-corrected chi connectivity index (χ2v) is 2.04. The maximum atomic E-state index is 10.2. The molecular formula is C6H10O5S. The summed E-state index contributed by atoms with van der Waals surface area (Å²) in [4.78, 5) is 9.00. The van der Waals surface area contributed by atoms with Gasteiger partial charge >= 0.3 is 11.4 Å². The molecule has 0 unspecified atom stereocenters. The average molecular weight is 194 g/mol. The van der Waals surface area contributed by atoms with Crippen LogP contribution in [0.15, 0.2) is 25.7 Å². The zero-order valence-electron chi connectivity index (χ0n) is 6.56. The quantitative estimate of drug-likeness (QED) is 0.675. The Morgan fingerprint density at radius 3 is 1.83 bits per heavy atom. The van der Waals surface area contributed by atoms with Crippen molar-refractivity contribution in [2.75, 3.05) is 0 Å². The van der Waals surface area contributed by atoms with Gasteiger partial charge in [-0.15, -0.1) is 0 Å². The van der Waals surface area contributed by atoms with Crippen LogP contribution in [0.25, 0.3) is 0 Å². The Hall–Kier alpha value is -1.30. The molecule has 0 saturated carbocycles. The summed E-state index contributed by atoms with van der Waals surface area (Å²) in [7, 11) is 0. The number of hydrogen-bond donors (Lipinski definition) is 1. The lowest BCUT2D eigenvalue weighted by Crippen LogP contribution is -1.89. The van der Waals surface area contributed by atoms with Crippen molar-refractivity contribution < 1.29 is 22.5 Å². The van der Waals surface area contributed by atoms with Crippen molar-refractivity contribution in [3.8, 4) is 0 Å². The van der Waals surface area contributed by atoms with Crippen molar-refractivity contribution in [2.45, 2.75) is 6.92 Å². The van der Waals surface area contributed by atoms with Crippen LogP contribution in [0.4, 0.5) is 0 Å². The van der Waals surface area contributed by atoms with Crippen LogP contribution in [0.5, 0.6) is 0 Å². The highest BCUT2D eigenvalue weighted by Crippen LogP contribution is 1.87. The van der Waals surface area contributed by atoms with Crippen LogP contribution < -0.4 is 0 Å². The van der Waals surface area contributed by atoms with E-state index in [-0.39, 0.29) is 0 Å². The van der Waals surface area contributed by atoms with Gasteiger partial charge in [0.05, 0.1) is 0 Å². The van der Waals surface area contributed by atoms with Crippen LogP contribution in [0.2, 0.25) is 0 Å². The summed E-state index contributed by atoms with van der Waals surface area (Å²) in [5.74, 6) is -0.833. The first-order valence-corrected chi connectivity index (χ1v) is 3.72. The van der Waals surface area contributed by atoms with Crippen molar-refractivity contribution in [3.05, 3.63) is 25.7 Å². The maximum Gasteiger partial charge on any atom is 0.416 e. The van der Waals surface area contributed by atoms with Crippen LogP contribution in [-0.4, -0.2) is 15.3 Å². The lowest BCUT2D eigenvalue weighted by atomic mass is 10.9. The van der Waals surface area contributed by atoms with Gasteiger partial charge in [0.15, 0.2) is 0 Å². The summed E-state index contributed by atoms with van der Waals surface area (Å²) >= 11 is -1.76. The van der Waals surface area contributed by atoms with Gasteiger partial charge in [-0.1, -0.05) is 13.2 Å². The molecule has 0 aromatic rings. The van der Waals surface area contributed by atoms with Gasteiger partial charge in [-0.25, -0.2) is 0 Å². The van der Waals surface area contributed by atoms with Crippen molar-refractivity contribution in [1.82, 2.24) is 0 Å². The largest absolute Gasteiger partial charge is 0.481 e. The fourth-order valence-corrected chi connectivity index (χ4v) is 0.401. The maximum absolute atomic E-state index is 10.2. The molecule has 0 bridgehead atoms. The molecule has 0 atom stereocenters. The molecule has 1 N–H and O–H groups in total. The van der Waals surface area contributed by atoms with E-state index in [0.717, 1.165) is 19.4 Å². The molecule has 0 saturated heterocycles. The summed E-state index contributed by atoms with van der Waals surface area (Å²) in [6.45, 7) is 7.39. The van der Waals surface area contributed by atoms with Crippen LogP contribution in [0.3, 0.4) is 0 Å². The smallest absolute Gasteiger partial charge is 0.416 e. The number of carbonyl (C=O) groups is 1. The Balaban J connectivity index is 0. The van der Waals surface area contributed by atoms with E-state index in [1.54, 1.807) is 0 Å². The number of carboxylic acids is 1. The van der Waals surface area contributed by atoms with E-state index in [2.05, 4.69) is 21.5 Å². The van der Waals surface area contributed by atoms with Crippen molar-refractivity contribution in [1.29, 1.82) is 0 Å². The van der Waals surface area contributed by atoms with E-state index in [1.807, 2.05) is 0 Å². The molecule has 0 aliphatic heterocycles. The molecule has 6 heteroatoms. The summed E-state index contributed by atoms with van der Waals surface area (Å²) in [6, 6.07) is 0. The van der Waals surface area contributed by atoms with E-state index < -0.39 is 17.3 Å². The number of carboxylic acid groups (broad SMARTS) is 1. The topological polar surface area (TPSA) is 72.8 Å². The molecule has 0 amide bonds. The Morgan fingerprint density at radius 2 is 1.67 bits per heavy atom. The van der Waals surface area contributed by atoms with Crippen molar-refractivity contribution in [3.63, 3.8) is 0 Å². The molecule has 0 aromatic carbocycles. The third kappa shape index (κ3) is 23.4. The molecule has 0 aliphatic carbocycles. The van der Waals surface area contributed by atoms with E-state index in [1.165, 1.54) is 0 Å². The minimum Gasteiger partial charge on any atom is -0.481 e. The Bertz CT molecular complexity index is 161. The van der Waals surface area contributed by atoms with Crippen LogP contribution >= 0.6 is 0 Å². The van der Waals surface area contributed by atoms with Crippen LogP contribution in [0.1, 0.15) is 6.92 Å². The van der Waals surface area contributed by atoms with Crippen LogP contribution in [0, 0.1) is 0 Å². The molecule has 0 heterocycles. The fraction of sp³-hybridized carbons (Fsp3) is 0.167. The molecule has 70 valence electrons. The average Bonchev–Trinajstić information content (AvgIpc) is 1.87. The molecule has 0 aromatic heterocycles. The third-order valence-electron chi connectivity index (χ3n) is 0.293. The van der Waals surface area contributed by atoms with Gasteiger partial charge in [0, 0.05) is 6.92 Å². The zero-order valence-corrected chi connectivity index (χ0v) is 7.37. The SMILES string of the molecule is C=COS(=O)OC=C.CC(=O)O. The number of rotatable bonds is 4. The molecule has 0 fully saturated rings. The minimum absolute atomic E-state index is 0.833. The van der Waals surface area contributed by atoms with E-state index >= 15 is 0 Å². The Morgan fingerprint density at radius 1 is 1.42 bits per heavy atom. The predicted molar refractivity (Wildman–Crippen MR) is 44.0 cm³/mol. The predicted octanol–water partition coefficient (Wildman–Crippen LogP) is 0.976. The highest BCUT2D eigenvalue weighted by molar-refractivity contribution is 7.75. The molecule has 0 radical (unpaired) electrons. The second kappa shape index (κ2) is 9.70. The first kappa shape index (κ1) is 13.3. The lowest BCUT2D eigenvalue weighted by Gasteiger charge is -1.92. The van der Waals surface area contributed by atoms with Crippen LogP contribution in [-0.2, 0) is 24.5 Å². The second-order valence-electron chi connectivity index (χ2n) is 1.25. The van der Waals surface area contributed by atoms with Gasteiger partial charge in [-0.3, -0.25) is 4.79 Å². The number of hydrogen-bond acceptors (Lipinski definition) is 4. The molecule has 0 aliphatic rings. The highest BCUT2D eigenvalue weighted by Gasteiger charge is 1.90. The summed E-state index contributed by atoms with van der Waals surface area (Å²) in [5.41, 5.74) is 0. The summed E-state index contributed by atoms with van der Waals surface area (Å²) in [5, 5.41) is 7.42. The van der Waals surface area contributed by atoms with E-state index in [0.29, 0.717) is 0 Å². The monoisotopic (exact) mass is 194 g/mol. The molecular weight excluding hydrogens is 184 g/mol. The van der Waals surface area contributed by atoms with Crippen molar-refractivity contribution in [2.24, 2.45) is 0 Å². The van der Waals surface area contributed by atoms with E-state index in [4.69, 9.17) is 9.90 Å². The standard InChI is InChI=1S/C4H6O3S.C2H4O2/c1-3-6-8(5)7-4-2;1-2(3)4/h3-4H,1-2H2;1H3,(H,3,4). The molecule has 0 spiro atoms. The van der Waals surface area contributed by atoms with Crippen molar-refractivity contribution >= 4 is 17.3 Å². The van der Waals surface area contributed by atoms with Gasteiger partial charge in [0.25, 0.3) is 5.97 Å². The molecule has 12 heavy (non-hydrogen) atoms. The van der Waals surface area contributed by atoms with Gasteiger partial charge in [-0.05, 0) is 0 Å². The first-order valence-electron chi connectivity index (χ1n) is 2.72. The van der Waals surface area contributed by atoms with Gasteiger partial charge in [0.2, 0.25) is 0 Å². The summed E-state index contributed by atoms with van der Waals surface area (Å²) in [6.07, 6.45) is 2.05. The highest BCUT2D eigenvalue weighted by atomic mass is 32.2. The minimum atomic E-state index is -1.76. The van der Waals surface area contributed by atoms with Gasteiger partial charge in [0.1, 0.15) is 12.5 Å².